The molecule has 26 heavy (non-hydrogen) atoms. The predicted molar refractivity (Wildman–Crippen MR) is 85.6 cm³/mol. The van der Waals surface area contributed by atoms with E-state index in [4.69, 9.17) is 4.74 Å². The standard InChI is InChI=1S/C17H17F3N2O4/c1-3-10(4-2)15(24)25-12-8-6-5-7-11(12)14(23)22-13-9-21-16(26-13)17(18,19)20/h5-10H,3-4H2,1-2H3,(H,22,23). The zero-order valence-electron chi connectivity index (χ0n) is 14.1. The van der Waals surface area contributed by atoms with Crippen molar-refractivity contribution in [2.75, 3.05) is 5.32 Å². The number of para-hydroxylation sites is 1. The first kappa shape index (κ1) is 19.5. The number of benzene rings is 1. The summed E-state index contributed by atoms with van der Waals surface area (Å²) in [6.45, 7) is 3.69. The number of amides is 1. The lowest BCUT2D eigenvalue weighted by Gasteiger charge is -2.13. The van der Waals surface area contributed by atoms with Crippen LogP contribution in [0.15, 0.2) is 34.9 Å². The van der Waals surface area contributed by atoms with Gasteiger partial charge in [-0.2, -0.15) is 13.2 Å². The highest BCUT2D eigenvalue weighted by Crippen LogP contribution is 2.30. The molecule has 6 nitrogen and oxygen atoms in total. The van der Waals surface area contributed by atoms with Gasteiger partial charge in [-0.1, -0.05) is 26.0 Å². The third kappa shape index (κ3) is 4.62. The lowest BCUT2D eigenvalue weighted by atomic mass is 10.0. The summed E-state index contributed by atoms with van der Waals surface area (Å²) in [6, 6.07) is 5.91. The van der Waals surface area contributed by atoms with Crippen molar-refractivity contribution in [2.45, 2.75) is 32.9 Å². The minimum atomic E-state index is -4.76. The molecule has 0 spiro atoms. The maximum absolute atomic E-state index is 12.5. The zero-order valence-corrected chi connectivity index (χ0v) is 14.1. The normalized spacial score (nSPS) is 11.5. The number of halogens is 3. The largest absolute Gasteiger partial charge is 0.469 e. The van der Waals surface area contributed by atoms with Crippen LogP contribution in [0.2, 0.25) is 0 Å². The Morgan fingerprint density at radius 3 is 2.46 bits per heavy atom. The van der Waals surface area contributed by atoms with Crippen molar-refractivity contribution in [3.63, 3.8) is 0 Å². The van der Waals surface area contributed by atoms with Crippen LogP contribution in [0.3, 0.4) is 0 Å². The number of carbonyl (C=O) groups is 2. The molecular formula is C17H17F3N2O4. The number of ether oxygens (including phenoxy) is 1. The molecule has 1 aromatic carbocycles. The lowest BCUT2D eigenvalue weighted by molar-refractivity contribution is -0.156. The van der Waals surface area contributed by atoms with Crippen LogP contribution in [0.1, 0.15) is 42.9 Å². The van der Waals surface area contributed by atoms with Gasteiger partial charge in [0, 0.05) is 0 Å². The van der Waals surface area contributed by atoms with E-state index in [2.05, 4.69) is 14.7 Å². The number of nitrogens with one attached hydrogen (secondary N) is 1. The van der Waals surface area contributed by atoms with Crippen LogP contribution in [0, 0.1) is 5.92 Å². The Morgan fingerprint density at radius 2 is 1.88 bits per heavy atom. The van der Waals surface area contributed by atoms with Gasteiger partial charge < -0.3 is 9.15 Å². The molecule has 0 bridgehead atoms. The Bertz CT molecular complexity index is 782. The van der Waals surface area contributed by atoms with Gasteiger partial charge >= 0.3 is 18.0 Å². The molecule has 0 unspecified atom stereocenters. The molecule has 2 rings (SSSR count). The van der Waals surface area contributed by atoms with Crippen molar-refractivity contribution in [1.29, 1.82) is 0 Å². The number of carbonyl (C=O) groups excluding carboxylic acids is 2. The molecule has 140 valence electrons. The number of anilines is 1. The van der Waals surface area contributed by atoms with Crippen LogP contribution in [-0.4, -0.2) is 16.9 Å². The van der Waals surface area contributed by atoms with Crippen molar-refractivity contribution in [2.24, 2.45) is 5.92 Å². The summed E-state index contributed by atoms with van der Waals surface area (Å²) in [4.78, 5) is 27.5. The minimum Gasteiger partial charge on any atom is -0.425 e. The molecule has 0 radical (unpaired) electrons. The van der Waals surface area contributed by atoms with E-state index in [1.165, 1.54) is 18.2 Å². The van der Waals surface area contributed by atoms with Gasteiger partial charge in [-0.3, -0.25) is 14.9 Å². The maximum Gasteiger partial charge on any atom is 0.469 e. The quantitative estimate of drug-likeness (QED) is 0.606. The van der Waals surface area contributed by atoms with E-state index in [1.54, 1.807) is 6.07 Å². The first-order valence-corrected chi connectivity index (χ1v) is 7.91. The summed E-state index contributed by atoms with van der Waals surface area (Å²) in [5.74, 6) is -3.51. The minimum absolute atomic E-state index is 0.0115. The number of hydrogen-bond acceptors (Lipinski definition) is 5. The first-order chi connectivity index (χ1) is 12.3. The molecule has 0 atom stereocenters. The fraction of sp³-hybridized carbons (Fsp3) is 0.353. The molecule has 9 heteroatoms. The van der Waals surface area contributed by atoms with E-state index < -0.39 is 29.8 Å². The Morgan fingerprint density at radius 1 is 1.23 bits per heavy atom. The van der Waals surface area contributed by atoms with Gasteiger partial charge in [0.1, 0.15) is 5.75 Å². The Balaban J connectivity index is 2.17. The van der Waals surface area contributed by atoms with Crippen LogP contribution in [0.5, 0.6) is 5.75 Å². The van der Waals surface area contributed by atoms with E-state index in [0.29, 0.717) is 12.8 Å². The molecule has 2 aromatic rings. The van der Waals surface area contributed by atoms with Gasteiger partial charge in [0.15, 0.2) is 0 Å². The molecule has 0 fully saturated rings. The van der Waals surface area contributed by atoms with Gasteiger partial charge in [-0.05, 0) is 25.0 Å². The van der Waals surface area contributed by atoms with Gasteiger partial charge in [0.2, 0.25) is 5.88 Å². The fourth-order valence-corrected chi connectivity index (χ4v) is 2.20. The topological polar surface area (TPSA) is 81.4 Å². The zero-order chi connectivity index (χ0) is 19.3. The molecule has 1 amide bonds. The van der Waals surface area contributed by atoms with Crippen LogP contribution >= 0.6 is 0 Å². The molecule has 0 aliphatic rings. The van der Waals surface area contributed by atoms with E-state index >= 15 is 0 Å². The summed E-state index contributed by atoms with van der Waals surface area (Å²) in [5.41, 5.74) is -0.0169. The Hall–Kier alpha value is -2.84. The van der Waals surface area contributed by atoms with Crippen molar-refractivity contribution in [1.82, 2.24) is 4.98 Å². The average molecular weight is 370 g/mol. The molecule has 1 heterocycles. The summed E-state index contributed by atoms with van der Waals surface area (Å²) in [6.07, 6.45) is -2.84. The summed E-state index contributed by atoms with van der Waals surface area (Å²) < 4.78 is 47.2. The van der Waals surface area contributed by atoms with Gasteiger partial charge in [-0.15, -0.1) is 0 Å². The van der Waals surface area contributed by atoms with E-state index in [9.17, 15) is 22.8 Å². The predicted octanol–water partition coefficient (Wildman–Crippen LogP) is 4.29. The number of esters is 1. The Kier molecular flexibility index (Phi) is 6.01. The van der Waals surface area contributed by atoms with E-state index in [0.717, 1.165) is 6.20 Å². The smallest absolute Gasteiger partial charge is 0.425 e. The number of hydrogen-bond donors (Lipinski definition) is 1. The number of nitrogens with zero attached hydrogens (tertiary/aromatic N) is 1. The third-order valence-corrected chi connectivity index (χ3v) is 3.65. The van der Waals surface area contributed by atoms with Crippen molar-refractivity contribution in [3.05, 3.63) is 41.9 Å². The van der Waals surface area contributed by atoms with E-state index in [-0.39, 0.29) is 17.2 Å². The number of aromatic nitrogens is 1. The van der Waals surface area contributed by atoms with Crippen molar-refractivity contribution < 1.29 is 31.9 Å². The van der Waals surface area contributed by atoms with Crippen molar-refractivity contribution >= 4 is 17.8 Å². The molecular weight excluding hydrogens is 353 g/mol. The monoisotopic (exact) mass is 370 g/mol. The second kappa shape index (κ2) is 8.03. The number of rotatable bonds is 6. The molecule has 1 aromatic heterocycles. The van der Waals surface area contributed by atoms with E-state index in [1.807, 2.05) is 13.8 Å². The highest BCUT2D eigenvalue weighted by molar-refractivity contribution is 6.05. The maximum atomic E-state index is 12.5. The fourth-order valence-electron chi connectivity index (χ4n) is 2.20. The van der Waals surface area contributed by atoms with Crippen LogP contribution in [-0.2, 0) is 11.0 Å². The SMILES string of the molecule is CCC(CC)C(=O)Oc1ccccc1C(=O)Nc1cnc(C(F)(F)F)o1. The third-order valence-electron chi connectivity index (χ3n) is 3.65. The highest BCUT2D eigenvalue weighted by atomic mass is 19.4. The van der Waals surface area contributed by atoms with Crippen LogP contribution in [0.4, 0.5) is 19.1 Å². The number of alkyl halides is 3. The highest BCUT2D eigenvalue weighted by Gasteiger charge is 2.37. The lowest BCUT2D eigenvalue weighted by Crippen LogP contribution is -2.21. The van der Waals surface area contributed by atoms with Crippen LogP contribution < -0.4 is 10.1 Å². The Labute approximate surface area is 147 Å². The summed E-state index contributed by atoms with van der Waals surface area (Å²) in [5, 5.41) is 2.16. The van der Waals surface area contributed by atoms with Gasteiger partial charge in [0.05, 0.1) is 17.7 Å². The molecule has 1 N–H and O–H groups in total. The molecule has 0 saturated heterocycles. The van der Waals surface area contributed by atoms with Crippen molar-refractivity contribution in [3.8, 4) is 5.75 Å². The van der Waals surface area contributed by atoms with Crippen LogP contribution in [0.25, 0.3) is 0 Å². The second-order valence-electron chi connectivity index (χ2n) is 5.41. The molecule has 0 saturated carbocycles. The summed E-state index contributed by atoms with van der Waals surface area (Å²) in [7, 11) is 0. The van der Waals surface area contributed by atoms with Gasteiger partial charge in [-0.25, -0.2) is 4.98 Å². The summed E-state index contributed by atoms with van der Waals surface area (Å²) >= 11 is 0. The van der Waals surface area contributed by atoms with Gasteiger partial charge in [0.25, 0.3) is 5.91 Å². The molecule has 0 aliphatic carbocycles. The second-order valence-corrected chi connectivity index (χ2v) is 5.41. The molecule has 0 aliphatic heterocycles. The average Bonchev–Trinajstić information content (AvgIpc) is 3.05. The first-order valence-electron chi connectivity index (χ1n) is 7.91. The number of oxazole rings is 1.